The Hall–Kier alpha value is -1.22. The van der Waals surface area contributed by atoms with Crippen molar-refractivity contribution >= 4 is 11.4 Å². The number of nitrogens with one attached hydrogen (secondary N) is 1. The quantitative estimate of drug-likeness (QED) is 0.764. The first kappa shape index (κ1) is 10.9. The van der Waals surface area contributed by atoms with Crippen LogP contribution in [0.1, 0.15) is 31.2 Å². The summed E-state index contributed by atoms with van der Waals surface area (Å²) in [7, 11) is 0. The monoisotopic (exact) mass is 231 g/mol. The molecular formula is C14H21N3. The predicted octanol–water partition coefficient (Wildman–Crippen LogP) is 1.94. The SMILES string of the molecule is C[C@@H]1CN(c2ccc(N)c(C3CC3)c2)CCN1. The van der Waals surface area contributed by atoms with Crippen molar-refractivity contribution in [3.05, 3.63) is 23.8 Å². The van der Waals surface area contributed by atoms with Crippen molar-refractivity contribution in [2.45, 2.75) is 31.7 Å². The van der Waals surface area contributed by atoms with Crippen LogP contribution in [0.5, 0.6) is 0 Å². The van der Waals surface area contributed by atoms with Gasteiger partial charge in [-0.1, -0.05) is 0 Å². The van der Waals surface area contributed by atoms with Crippen molar-refractivity contribution in [1.82, 2.24) is 5.32 Å². The van der Waals surface area contributed by atoms with E-state index in [1.54, 1.807) is 0 Å². The zero-order chi connectivity index (χ0) is 11.8. The normalized spacial score (nSPS) is 25.0. The van der Waals surface area contributed by atoms with Gasteiger partial charge in [0.25, 0.3) is 0 Å². The minimum atomic E-state index is 0.575. The average Bonchev–Trinajstić information content (AvgIpc) is 3.14. The molecule has 1 aliphatic carbocycles. The number of hydrogen-bond acceptors (Lipinski definition) is 3. The summed E-state index contributed by atoms with van der Waals surface area (Å²) in [6.45, 7) is 5.50. The molecule has 0 bridgehead atoms. The van der Waals surface area contributed by atoms with Crippen LogP contribution < -0.4 is 16.0 Å². The van der Waals surface area contributed by atoms with Gasteiger partial charge in [0.2, 0.25) is 0 Å². The molecule has 17 heavy (non-hydrogen) atoms. The fourth-order valence-corrected chi connectivity index (χ4v) is 2.67. The zero-order valence-corrected chi connectivity index (χ0v) is 10.4. The second kappa shape index (κ2) is 4.22. The molecule has 1 heterocycles. The minimum Gasteiger partial charge on any atom is -0.398 e. The first-order chi connectivity index (χ1) is 8.24. The second-order valence-corrected chi connectivity index (χ2v) is 5.39. The van der Waals surface area contributed by atoms with Gasteiger partial charge in [0.15, 0.2) is 0 Å². The number of rotatable bonds is 2. The Bertz CT molecular complexity index is 412. The molecule has 1 aromatic rings. The van der Waals surface area contributed by atoms with Crippen LogP contribution in [-0.4, -0.2) is 25.7 Å². The number of nitrogens with zero attached hydrogens (tertiary/aromatic N) is 1. The highest BCUT2D eigenvalue weighted by molar-refractivity contribution is 5.60. The first-order valence-corrected chi connectivity index (χ1v) is 6.62. The van der Waals surface area contributed by atoms with E-state index in [-0.39, 0.29) is 0 Å². The molecule has 3 heteroatoms. The summed E-state index contributed by atoms with van der Waals surface area (Å²) in [6.07, 6.45) is 2.62. The third-order valence-electron chi connectivity index (χ3n) is 3.82. The van der Waals surface area contributed by atoms with Gasteiger partial charge in [-0.25, -0.2) is 0 Å². The number of nitrogens with two attached hydrogens (primary N) is 1. The Morgan fingerprint density at radius 2 is 2.18 bits per heavy atom. The molecule has 3 nitrogen and oxygen atoms in total. The van der Waals surface area contributed by atoms with Gasteiger partial charge in [-0.2, -0.15) is 0 Å². The molecule has 3 rings (SSSR count). The molecule has 1 aliphatic heterocycles. The maximum atomic E-state index is 6.06. The summed E-state index contributed by atoms with van der Waals surface area (Å²) < 4.78 is 0. The molecule has 0 amide bonds. The zero-order valence-electron chi connectivity index (χ0n) is 10.4. The highest BCUT2D eigenvalue weighted by Crippen LogP contribution is 2.43. The molecule has 0 unspecified atom stereocenters. The molecule has 92 valence electrons. The Morgan fingerprint density at radius 1 is 1.35 bits per heavy atom. The van der Waals surface area contributed by atoms with Gasteiger partial charge in [0.1, 0.15) is 0 Å². The average molecular weight is 231 g/mol. The summed E-state index contributed by atoms with van der Waals surface area (Å²) in [4.78, 5) is 2.46. The summed E-state index contributed by atoms with van der Waals surface area (Å²) in [5, 5.41) is 3.48. The van der Waals surface area contributed by atoms with E-state index in [0.29, 0.717) is 6.04 Å². The van der Waals surface area contributed by atoms with Gasteiger partial charge >= 0.3 is 0 Å². The van der Waals surface area contributed by atoms with Crippen molar-refractivity contribution in [2.75, 3.05) is 30.3 Å². The highest BCUT2D eigenvalue weighted by atomic mass is 15.2. The Balaban J connectivity index is 1.84. The Kier molecular flexibility index (Phi) is 2.71. The van der Waals surface area contributed by atoms with Crippen LogP contribution in [0.15, 0.2) is 18.2 Å². The van der Waals surface area contributed by atoms with Crippen LogP contribution in [0, 0.1) is 0 Å². The van der Waals surface area contributed by atoms with Gasteiger partial charge in [-0.15, -0.1) is 0 Å². The van der Waals surface area contributed by atoms with Crippen LogP contribution >= 0.6 is 0 Å². The van der Waals surface area contributed by atoms with E-state index in [9.17, 15) is 0 Å². The minimum absolute atomic E-state index is 0.575. The molecule has 0 radical (unpaired) electrons. The highest BCUT2D eigenvalue weighted by Gasteiger charge is 2.26. The first-order valence-electron chi connectivity index (χ1n) is 6.62. The summed E-state index contributed by atoms with van der Waals surface area (Å²) in [5.74, 6) is 0.732. The van der Waals surface area contributed by atoms with E-state index in [2.05, 4.69) is 35.3 Å². The largest absolute Gasteiger partial charge is 0.398 e. The topological polar surface area (TPSA) is 41.3 Å². The second-order valence-electron chi connectivity index (χ2n) is 5.39. The Morgan fingerprint density at radius 3 is 2.88 bits per heavy atom. The van der Waals surface area contributed by atoms with E-state index < -0.39 is 0 Å². The van der Waals surface area contributed by atoms with E-state index >= 15 is 0 Å². The van der Waals surface area contributed by atoms with E-state index in [1.807, 2.05) is 0 Å². The molecular weight excluding hydrogens is 210 g/mol. The molecule has 0 aromatic heterocycles. The van der Waals surface area contributed by atoms with E-state index in [0.717, 1.165) is 31.2 Å². The number of piperazine rings is 1. The number of nitrogen functional groups attached to an aromatic ring is 1. The molecule has 1 atom stereocenters. The van der Waals surface area contributed by atoms with E-state index in [1.165, 1.54) is 24.1 Å². The van der Waals surface area contributed by atoms with Crippen LogP contribution in [0.3, 0.4) is 0 Å². The standard InChI is InChI=1S/C14H21N3/c1-10-9-17(7-6-16-10)12-4-5-14(15)13(8-12)11-2-3-11/h4-5,8,10-11,16H,2-3,6-7,9,15H2,1H3/t10-/m1/s1. The molecule has 3 N–H and O–H groups in total. The lowest BCUT2D eigenvalue weighted by molar-refractivity contribution is 0.485. The van der Waals surface area contributed by atoms with Gasteiger partial charge < -0.3 is 16.0 Å². The number of anilines is 2. The smallest absolute Gasteiger partial charge is 0.0371 e. The Labute approximate surface area is 103 Å². The van der Waals surface area contributed by atoms with Crippen molar-refractivity contribution in [1.29, 1.82) is 0 Å². The third kappa shape index (κ3) is 2.25. The molecule has 1 aromatic carbocycles. The summed E-state index contributed by atoms with van der Waals surface area (Å²) in [6, 6.07) is 7.13. The molecule has 1 saturated heterocycles. The molecule has 0 spiro atoms. The molecule has 2 fully saturated rings. The fraction of sp³-hybridized carbons (Fsp3) is 0.571. The predicted molar refractivity (Wildman–Crippen MR) is 72.5 cm³/mol. The summed E-state index contributed by atoms with van der Waals surface area (Å²) >= 11 is 0. The van der Waals surface area contributed by atoms with Gasteiger partial charge in [0.05, 0.1) is 0 Å². The molecule has 1 saturated carbocycles. The third-order valence-corrected chi connectivity index (χ3v) is 3.82. The van der Waals surface area contributed by atoms with E-state index in [4.69, 9.17) is 5.73 Å². The number of benzene rings is 1. The number of hydrogen-bond donors (Lipinski definition) is 2. The van der Waals surface area contributed by atoms with Crippen molar-refractivity contribution in [3.8, 4) is 0 Å². The summed E-state index contributed by atoms with van der Waals surface area (Å²) in [5.41, 5.74) is 9.74. The van der Waals surface area contributed by atoms with Gasteiger partial charge in [-0.05, 0) is 49.4 Å². The fourth-order valence-electron chi connectivity index (χ4n) is 2.67. The van der Waals surface area contributed by atoms with Crippen LogP contribution in [0.2, 0.25) is 0 Å². The maximum absolute atomic E-state index is 6.06. The maximum Gasteiger partial charge on any atom is 0.0371 e. The van der Waals surface area contributed by atoms with Crippen molar-refractivity contribution in [3.63, 3.8) is 0 Å². The van der Waals surface area contributed by atoms with Crippen molar-refractivity contribution in [2.24, 2.45) is 0 Å². The lowest BCUT2D eigenvalue weighted by Gasteiger charge is -2.34. The van der Waals surface area contributed by atoms with Crippen LogP contribution in [-0.2, 0) is 0 Å². The van der Waals surface area contributed by atoms with Crippen LogP contribution in [0.4, 0.5) is 11.4 Å². The van der Waals surface area contributed by atoms with Gasteiger partial charge in [0, 0.05) is 37.1 Å². The van der Waals surface area contributed by atoms with Crippen LogP contribution in [0.25, 0.3) is 0 Å². The van der Waals surface area contributed by atoms with Gasteiger partial charge in [-0.3, -0.25) is 0 Å². The lowest BCUT2D eigenvalue weighted by atomic mass is 10.1. The lowest BCUT2D eigenvalue weighted by Crippen LogP contribution is -2.49. The van der Waals surface area contributed by atoms with Crippen molar-refractivity contribution < 1.29 is 0 Å². The molecule has 2 aliphatic rings.